The van der Waals surface area contributed by atoms with Gasteiger partial charge in [0.25, 0.3) is 0 Å². The van der Waals surface area contributed by atoms with Gasteiger partial charge in [0.1, 0.15) is 33.0 Å². The number of alkyl halides is 1. The summed E-state index contributed by atoms with van der Waals surface area (Å²) in [4.78, 5) is 33.7. The van der Waals surface area contributed by atoms with Crippen LogP contribution in [0.2, 0.25) is 10.3 Å². The van der Waals surface area contributed by atoms with Gasteiger partial charge in [-0.25, -0.2) is 19.6 Å². The second-order valence-corrected chi connectivity index (χ2v) is 8.22. The normalized spacial score (nSPS) is 10.2. The molecular weight excluding hydrogens is 535 g/mol. The molecule has 4 aromatic rings. The fraction of sp³-hybridized carbons (Fsp3) is 0.273. The number of halogens is 3. The van der Waals surface area contributed by atoms with Crippen molar-refractivity contribution in [1.29, 1.82) is 0 Å². The van der Waals surface area contributed by atoms with E-state index in [2.05, 4.69) is 35.6 Å². The molecule has 0 aliphatic carbocycles. The number of fused-ring (bicyclic) bond motifs is 2. The van der Waals surface area contributed by atoms with Gasteiger partial charge in [0.15, 0.2) is 0 Å². The van der Waals surface area contributed by atoms with Crippen LogP contribution >= 0.6 is 39.1 Å². The Bertz CT molecular complexity index is 1260. The minimum Gasteiger partial charge on any atom is -0.464 e. The lowest BCUT2D eigenvalue weighted by atomic mass is 10.3. The standard InChI is InChI=1S/C11H11ClN2O2.C9H7ClN2O2.C2H5Br/c1-3-14-8(11(15)16-2)6-7-4-5-9(12)13-10(7)14;1-14-9(13)6-4-5-2-3-7(10)12-8(5)11-6;1-2-3/h4-6H,3H2,1-2H3;2-4H,1H3,(H,11,12);2H2,1H3. The van der Waals surface area contributed by atoms with E-state index >= 15 is 0 Å². The summed E-state index contributed by atoms with van der Waals surface area (Å²) in [6.45, 7) is 4.62. The molecule has 0 atom stereocenters. The lowest BCUT2D eigenvalue weighted by molar-refractivity contribution is 0.0583. The van der Waals surface area contributed by atoms with Crippen LogP contribution in [0.3, 0.4) is 0 Å². The molecular formula is C22H23BrCl2N4O4. The van der Waals surface area contributed by atoms with Crippen molar-refractivity contribution in [3.8, 4) is 0 Å². The van der Waals surface area contributed by atoms with Crippen LogP contribution in [-0.4, -0.2) is 51.0 Å². The van der Waals surface area contributed by atoms with E-state index in [0.717, 1.165) is 16.1 Å². The molecule has 176 valence electrons. The van der Waals surface area contributed by atoms with E-state index in [1.165, 1.54) is 14.2 Å². The number of methoxy groups -OCH3 is 2. The number of nitrogens with one attached hydrogen (secondary N) is 1. The minimum atomic E-state index is -0.417. The summed E-state index contributed by atoms with van der Waals surface area (Å²) >= 11 is 14.7. The first-order chi connectivity index (χ1) is 15.8. The predicted octanol–water partition coefficient (Wildman–Crippen LogP) is 5.90. The Labute approximate surface area is 209 Å². The Balaban J connectivity index is 0.000000210. The topological polar surface area (TPSA) is 99.1 Å². The van der Waals surface area contributed by atoms with E-state index < -0.39 is 5.97 Å². The summed E-state index contributed by atoms with van der Waals surface area (Å²) in [6, 6.07) is 10.4. The van der Waals surface area contributed by atoms with Crippen LogP contribution in [0.1, 0.15) is 34.8 Å². The average Bonchev–Trinajstić information content (AvgIpc) is 3.39. The number of H-pyrrole nitrogens is 1. The second-order valence-electron chi connectivity index (χ2n) is 6.33. The van der Waals surface area contributed by atoms with Crippen molar-refractivity contribution >= 4 is 73.1 Å². The molecule has 4 rings (SSSR count). The summed E-state index contributed by atoms with van der Waals surface area (Å²) in [6.07, 6.45) is 0. The van der Waals surface area contributed by atoms with E-state index in [1.807, 2.05) is 19.9 Å². The van der Waals surface area contributed by atoms with E-state index in [1.54, 1.807) is 34.9 Å². The molecule has 0 fully saturated rings. The molecule has 0 aliphatic rings. The smallest absolute Gasteiger partial charge is 0.354 e. The monoisotopic (exact) mass is 556 g/mol. The molecule has 0 saturated heterocycles. The van der Waals surface area contributed by atoms with Gasteiger partial charge in [-0.1, -0.05) is 46.1 Å². The highest BCUT2D eigenvalue weighted by molar-refractivity contribution is 9.09. The molecule has 11 heteroatoms. The quantitative estimate of drug-likeness (QED) is 0.191. The number of esters is 2. The lowest BCUT2D eigenvalue weighted by Gasteiger charge is -2.04. The summed E-state index contributed by atoms with van der Waals surface area (Å²) in [5, 5.41) is 3.57. The van der Waals surface area contributed by atoms with Crippen molar-refractivity contribution in [3.63, 3.8) is 0 Å². The number of rotatable bonds is 3. The minimum absolute atomic E-state index is 0.365. The Hall–Kier alpha value is -2.62. The van der Waals surface area contributed by atoms with Gasteiger partial charge in [-0.3, -0.25) is 0 Å². The van der Waals surface area contributed by atoms with Gasteiger partial charge in [-0.05, 0) is 43.3 Å². The van der Waals surface area contributed by atoms with Crippen molar-refractivity contribution in [1.82, 2.24) is 19.5 Å². The number of pyridine rings is 2. The third-order valence-corrected chi connectivity index (χ3v) is 4.69. The highest BCUT2D eigenvalue weighted by atomic mass is 79.9. The highest BCUT2D eigenvalue weighted by Crippen LogP contribution is 2.21. The van der Waals surface area contributed by atoms with Gasteiger partial charge < -0.3 is 19.0 Å². The third-order valence-electron chi connectivity index (χ3n) is 4.27. The molecule has 0 saturated carbocycles. The van der Waals surface area contributed by atoms with Crippen LogP contribution in [0.15, 0.2) is 36.4 Å². The molecule has 0 aromatic carbocycles. The predicted molar refractivity (Wildman–Crippen MR) is 134 cm³/mol. The van der Waals surface area contributed by atoms with Gasteiger partial charge in [0.2, 0.25) is 0 Å². The first-order valence-corrected chi connectivity index (χ1v) is 11.7. The first-order valence-electron chi connectivity index (χ1n) is 9.83. The fourth-order valence-corrected chi connectivity index (χ4v) is 3.19. The SMILES string of the molecule is CCBr.CCn1c(C(=O)OC)cc2ccc(Cl)nc21.COC(=O)c1cc2ccc(Cl)nc2[nH]1. The Morgan fingerprint density at radius 2 is 1.55 bits per heavy atom. The van der Waals surface area contributed by atoms with Gasteiger partial charge in [0, 0.05) is 22.6 Å². The van der Waals surface area contributed by atoms with Gasteiger partial charge in [-0.2, -0.15) is 0 Å². The van der Waals surface area contributed by atoms with Crippen molar-refractivity contribution < 1.29 is 19.1 Å². The summed E-state index contributed by atoms with van der Waals surface area (Å²) in [7, 11) is 2.69. The van der Waals surface area contributed by atoms with E-state index in [4.69, 9.17) is 27.9 Å². The van der Waals surface area contributed by atoms with Crippen LogP contribution in [0, 0.1) is 0 Å². The Morgan fingerprint density at radius 1 is 0.970 bits per heavy atom. The number of hydrogen-bond acceptors (Lipinski definition) is 6. The molecule has 33 heavy (non-hydrogen) atoms. The zero-order chi connectivity index (χ0) is 24.5. The number of nitrogens with zero attached hydrogens (tertiary/aromatic N) is 3. The van der Waals surface area contributed by atoms with E-state index in [0.29, 0.717) is 39.5 Å². The molecule has 0 amide bonds. The van der Waals surface area contributed by atoms with Crippen LogP contribution in [-0.2, 0) is 16.0 Å². The second kappa shape index (κ2) is 12.6. The van der Waals surface area contributed by atoms with Crippen LogP contribution in [0.4, 0.5) is 0 Å². The molecule has 0 bridgehead atoms. The number of aryl methyl sites for hydroxylation is 1. The maximum absolute atomic E-state index is 11.5. The van der Waals surface area contributed by atoms with Crippen LogP contribution in [0.5, 0.6) is 0 Å². The van der Waals surface area contributed by atoms with Crippen molar-refractivity contribution in [2.75, 3.05) is 19.5 Å². The largest absolute Gasteiger partial charge is 0.464 e. The summed E-state index contributed by atoms with van der Waals surface area (Å²) in [5.41, 5.74) is 2.15. The van der Waals surface area contributed by atoms with Gasteiger partial charge in [0.05, 0.1) is 14.2 Å². The van der Waals surface area contributed by atoms with Crippen LogP contribution < -0.4 is 0 Å². The molecule has 0 unspecified atom stereocenters. The summed E-state index contributed by atoms with van der Waals surface area (Å²) in [5.74, 6) is -0.782. The number of aromatic nitrogens is 4. The fourth-order valence-electron chi connectivity index (χ4n) is 2.90. The Kier molecular flexibility index (Phi) is 10.1. The Morgan fingerprint density at radius 3 is 2.12 bits per heavy atom. The lowest BCUT2D eigenvalue weighted by Crippen LogP contribution is -2.09. The summed E-state index contributed by atoms with van der Waals surface area (Å²) < 4.78 is 11.1. The van der Waals surface area contributed by atoms with E-state index in [9.17, 15) is 9.59 Å². The maximum Gasteiger partial charge on any atom is 0.354 e. The zero-order valence-electron chi connectivity index (χ0n) is 18.5. The zero-order valence-corrected chi connectivity index (χ0v) is 21.6. The van der Waals surface area contributed by atoms with Crippen molar-refractivity contribution in [3.05, 3.63) is 58.1 Å². The van der Waals surface area contributed by atoms with Gasteiger partial charge >= 0.3 is 11.9 Å². The van der Waals surface area contributed by atoms with E-state index in [-0.39, 0.29) is 5.97 Å². The molecule has 0 radical (unpaired) electrons. The highest BCUT2D eigenvalue weighted by Gasteiger charge is 2.16. The number of hydrogen-bond donors (Lipinski definition) is 1. The number of aromatic amines is 1. The van der Waals surface area contributed by atoms with Gasteiger partial charge in [-0.15, -0.1) is 0 Å². The molecule has 4 aromatic heterocycles. The van der Waals surface area contributed by atoms with Crippen LogP contribution in [0.25, 0.3) is 22.1 Å². The average molecular weight is 558 g/mol. The van der Waals surface area contributed by atoms with Crippen molar-refractivity contribution in [2.24, 2.45) is 0 Å². The molecule has 0 spiro atoms. The molecule has 8 nitrogen and oxygen atoms in total. The maximum atomic E-state index is 11.5. The number of carbonyl (C=O) groups is 2. The molecule has 4 heterocycles. The number of carbonyl (C=O) groups excluding carboxylic acids is 2. The molecule has 0 aliphatic heterocycles. The van der Waals surface area contributed by atoms with Crippen molar-refractivity contribution in [2.45, 2.75) is 20.4 Å². The number of ether oxygens (including phenoxy) is 2. The third kappa shape index (κ3) is 6.69. The molecule has 1 N–H and O–H groups in total. The first kappa shape index (κ1) is 26.6.